The number of hydrogen-bond donors (Lipinski definition) is 1. The van der Waals surface area contributed by atoms with Gasteiger partial charge in [-0.25, -0.2) is 4.39 Å². The van der Waals surface area contributed by atoms with Crippen molar-refractivity contribution < 1.29 is 14.0 Å². The molecule has 0 bridgehead atoms. The molecule has 1 aliphatic rings. The van der Waals surface area contributed by atoms with Crippen LogP contribution in [0.25, 0.3) is 0 Å². The van der Waals surface area contributed by atoms with Gasteiger partial charge in [0.1, 0.15) is 5.82 Å². The van der Waals surface area contributed by atoms with E-state index in [2.05, 4.69) is 5.32 Å². The molecule has 2 rings (SSSR count). The van der Waals surface area contributed by atoms with Gasteiger partial charge >= 0.3 is 11.8 Å². The Labute approximate surface area is 111 Å². The number of amides is 2. The lowest BCUT2D eigenvalue weighted by Crippen LogP contribution is -2.51. The van der Waals surface area contributed by atoms with Gasteiger partial charge in [-0.3, -0.25) is 9.59 Å². The lowest BCUT2D eigenvalue weighted by molar-refractivity contribution is -0.144. The molecule has 0 spiro atoms. The summed E-state index contributed by atoms with van der Waals surface area (Å²) in [5.41, 5.74) is 0.107. The van der Waals surface area contributed by atoms with E-state index >= 15 is 0 Å². The number of halogens is 1. The summed E-state index contributed by atoms with van der Waals surface area (Å²) in [5.74, 6) is -1.83. The molecule has 0 unspecified atom stereocenters. The third-order valence-electron chi connectivity index (χ3n) is 3.11. The molecule has 1 aliphatic heterocycles. The Morgan fingerprint density at radius 3 is 2.53 bits per heavy atom. The van der Waals surface area contributed by atoms with Crippen molar-refractivity contribution >= 4 is 17.5 Å². The van der Waals surface area contributed by atoms with Crippen LogP contribution < -0.4 is 10.2 Å². The molecule has 5 nitrogen and oxygen atoms in total. The number of rotatable bonds is 1. The number of hydrogen-bond acceptors (Lipinski definition) is 3. The highest BCUT2D eigenvalue weighted by Crippen LogP contribution is 2.17. The van der Waals surface area contributed by atoms with Crippen LogP contribution in [0.4, 0.5) is 10.1 Å². The predicted molar refractivity (Wildman–Crippen MR) is 69.3 cm³/mol. The molecule has 1 heterocycles. The second-order valence-corrected chi connectivity index (χ2v) is 4.36. The van der Waals surface area contributed by atoms with Crippen LogP contribution in [0.15, 0.2) is 24.3 Å². The lowest BCUT2D eigenvalue weighted by Gasteiger charge is -2.28. The predicted octanol–water partition coefficient (Wildman–Crippen LogP) is 0.220. The maximum absolute atomic E-state index is 13.6. The van der Waals surface area contributed by atoms with E-state index in [1.165, 1.54) is 30.1 Å². The van der Waals surface area contributed by atoms with Gasteiger partial charge in [0.2, 0.25) is 0 Å². The van der Waals surface area contributed by atoms with Crippen LogP contribution in [0.5, 0.6) is 0 Å². The number of para-hydroxylation sites is 1. The van der Waals surface area contributed by atoms with Crippen molar-refractivity contribution in [1.29, 1.82) is 0 Å². The Balaban J connectivity index is 2.10. The summed E-state index contributed by atoms with van der Waals surface area (Å²) in [7, 11) is 1.40. The Kier molecular flexibility index (Phi) is 4.11. The van der Waals surface area contributed by atoms with E-state index in [4.69, 9.17) is 0 Å². The zero-order valence-corrected chi connectivity index (χ0v) is 10.7. The van der Waals surface area contributed by atoms with E-state index in [0.717, 1.165) is 4.90 Å². The second kappa shape index (κ2) is 5.79. The van der Waals surface area contributed by atoms with Gasteiger partial charge in [0, 0.05) is 33.2 Å². The fourth-order valence-corrected chi connectivity index (χ4v) is 1.98. The van der Waals surface area contributed by atoms with Crippen molar-refractivity contribution in [2.45, 2.75) is 0 Å². The van der Waals surface area contributed by atoms with Crippen LogP contribution in [0.3, 0.4) is 0 Å². The Bertz CT molecular complexity index is 487. The molecule has 0 aromatic heterocycles. The van der Waals surface area contributed by atoms with Crippen molar-refractivity contribution in [2.75, 3.05) is 38.1 Å². The van der Waals surface area contributed by atoms with E-state index in [0.29, 0.717) is 26.2 Å². The smallest absolute Gasteiger partial charge is 0.316 e. The van der Waals surface area contributed by atoms with E-state index in [1.54, 1.807) is 6.07 Å². The van der Waals surface area contributed by atoms with Gasteiger partial charge in [0.15, 0.2) is 0 Å². The Hall–Kier alpha value is -1.95. The van der Waals surface area contributed by atoms with Crippen LogP contribution in [-0.4, -0.2) is 49.9 Å². The number of nitrogens with one attached hydrogen (secondary N) is 1. The van der Waals surface area contributed by atoms with Crippen LogP contribution in [0, 0.1) is 5.82 Å². The zero-order chi connectivity index (χ0) is 13.8. The van der Waals surface area contributed by atoms with Crippen LogP contribution in [0.2, 0.25) is 0 Å². The number of benzene rings is 1. The minimum atomic E-state index is -0.716. The minimum absolute atomic E-state index is 0.107. The van der Waals surface area contributed by atoms with Gasteiger partial charge in [-0.2, -0.15) is 0 Å². The van der Waals surface area contributed by atoms with Crippen LogP contribution >= 0.6 is 0 Å². The van der Waals surface area contributed by atoms with Crippen molar-refractivity contribution in [3.63, 3.8) is 0 Å². The van der Waals surface area contributed by atoms with E-state index < -0.39 is 17.6 Å². The standard InChI is InChI=1S/C13H16FN3O2/c1-16(11-5-3-2-4-10(11)14)12(18)13(19)17-8-6-15-7-9-17/h2-5,15H,6-9H2,1H3. The number of likely N-dealkylation sites (N-methyl/N-ethyl adjacent to an activating group) is 1. The summed E-state index contributed by atoms with van der Waals surface area (Å²) in [4.78, 5) is 26.6. The molecule has 0 atom stereocenters. The summed E-state index contributed by atoms with van der Waals surface area (Å²) >= 11 is 0. The Morgan fingerprint density at radius 2 is 1.89 bits per heavy atom. The third kappa shape index (κ3) is 2.90. The summed E-state index contributed by atoms with van der Waals surface area (Å²) < 4.78 is 13.6. The molecular formula is C13H16FN3O2. The highest BCUT2D eigenvalue weighted by Gasteiger charge is 2.27. The summed E-state index contributed by atoms with van der Waals surface area (Å²) in [6.07, 6.45) is 0. The monoisotopic (exact) mass is 265 g/mol. The SMILES string of the molecule is CN(C(=O)C(=O)N1CCNCC1)c1ccccc1F. The number of carbonyl (C=O) groups is 2. The first-order valence-electron chi connectivity index (χ1n) is 6.13. The zero-order valence-electron chi connectivity index (χ0n) is 10.7. The molecular weight excluding hydrogens is 249 g/mol. The van der Waals surface area contributed by atoms with Gasteiger partial charge in [-0.05, 0) is 12.1 Å². The number of carbonyl (C=O) groups excluding carboxylic acids is 2. The molecule has 102 valence electrons. The molecule has 1 saturated heterocycles. The molecule has 0 saturated carbocycles. The average molecular weight is 265 g/mol. The largest absolute Gasteiger partial charge is 0.332 e. The number of anilines is 1. The summed E-state index contributed by atoms with van der Waals surface area (Å²) in [6, 6.07) is 5.89. The molecule has 2 amide bonds. The first kappa shape index (κ1) is 13.5. The summed E-state index contributed by atoms with van der Waals surface area (Å²) in [5, 5.41) is 3.10. The van der Waals surface area contributed by atoms with Crippen molar-refractivity contribution in [3.05, 3.63) is 30.1 Å². The molecule has 1 aromatic rings. The van der Waals surface area contributed by atoms with Crippen LogP contribution in [0.1, 0.15) is 0 Å². The molecule has 6 heteroatoms. The van der Waals surface area contributed by atoms with E-state index in [9.17, 15) is 14.0 Å². The fourth-order valence-electron chi connectivity index (χ4n) is 1.98. The van der Waals surface area contributed by atoms with Gasteiger partial charge in [-0.15, -0.1) is 0 Å². The molecule has 0 aliphatic carbocycles. The number of piperazine rings is 1. The van der Waals surface area contributed by atoms with E-state index in [-0.39, 0.29) is 5.69 Å². The molecule has 1 aromatic carbocycles. The maximum atomic E-state index is 13.6. The molecule has 0 radical (unpaired) electrons. The van der Waals surface area contributed by atoms with Crippen molar-refractivity contribution in [3.8, 4) is 0 Å². The summed E-state index contributed by atoms with van der Waals surface area (Å²) in [6.45, 7) is 2.33. The highest BCUT2D eigenvalue weighted by molar-refractivity contribution is 6.40. The van der Waals surface area contributed by atoms with Gasteiger partial charge < -0.3 is 15.1 Å². The topological polar surface area (TPSA) is 52.7 Å². The minimum Gasteiger partial charge on any atom is -0.332 e. The maximum Gasteiger partial charge on any atom is 0.316 e. The van der Waals surface area contributed by atoms with Crippen LogP contribution in [-0.2, 0) is 9.59 Å². The molecule has 1 N–H and O–H groups in total. The van der Waals surface area contributed by atoms with Gasteiger partial charge in [-0.1, -0.05) is 12.1 Å². The highest BCUT2D eigenvalue weighted by atomic mass is 19.1. The lowest BCUT2D eigenvalue weighted by atomic mass is 10.2. The molecule has 1 fully saturated rings. The fraction of sp³-hybridized carbons (Fsp3) is 0.385. The first-order chi connectivity index (χ1) is 9.11. The van der Waals surface area contributed by atoms with E-state index in [1.807, 2.05) is 0 Å². The number of nitrogens with zero attached hydrogens (tertiary/aromatic N) is 2. The quantitative estimate of drug-likeness (QED) is 0.739. The second-order valence-electron chi connectivity index (χ2n) is 4.36. The van der Waals surface area contributed by atoms with Gasteiger partial charge in [0.25, 0.3) is 0 Å². The average Bonchev–Trinajstić information content (AvgIpc) is 2.46. The Morgan fingerprint density at radius 1 is 1.26 bits per heavy atom. The molecule has 19 heavy (non-hydrogen) atoms. The normalized spacial score (nSPS) is 15.2. The first-order valence-corrected chi connectivity index (χ1v) is 6.13. The van der Waals surface area contributed by atoms with Crippen molar-refractivity contribution in [1.82, 2.24) is 10.2 Å². The third-order valence-corrected chi connectivity index (χ3v) is 3.11. The van der Waals surface area contributed by atoms with Crippen molar-refractivity contribution in [2.24, 2.45) is 0 Å². The van der Waals surface area contributed by atoms with Gasteiger partial charge in [0.05, 0.1) is 5.69 Å².